The molecule has 0 atom stereocenters. The second kappa shape index (κ2) is 5.49. The minimum Gasteiger partial charge on any atom is -0.858 e. The standard InChI is InChI=1S/C14H16N2O/c15-10-11-6-8-12(9-7-11)14(17)16-13-4-2-1-3-5-13/h6-9,13H,1-5H2,(H,16,17)/p-1. The fourth-order valence-electron chi connectivity index (χ4n) is 2.14. The SMILES string of the molecule is N#Cc1ccc(C([O-])=NC2CCCCC2)cc1. The third-order valence-corrected chi connectivity index (χ3v) is 3.14. The number of aliphatic imine (C=N–C) groups is 1. The summed E-state index contributed by atoms with van der Waals surface area (Å²) in [4.78, 5) is 4.24. The molecule has 0 saturated heterocycles. The van der Waals surface area contributed by atoms with Crippen molar-refractivity contribution in [2.45, 2.75) is 38.1 Å². The second-order valence-electron chi connectivity index (χ2n) is 4.42. The Labute approximate surface area is 101 Å². The van der Waals surface area contributed by atoms with E-state index in [-0.39, 0.29) is 11.9 Å². The van der Waals surface area contributed by atoms with Crippen molar-refractivity contribution < 1.29 is 5.11 Å². The molecule has 88 valence electrons. The van der Waals surface area contributed by atoms with E-state index in [9.17, 15) is 5.11 Å². The molecule has 1 aromatic carbocycles. The van der Waals surface area contributed by atoms with Crippen molar-refractivity contribution >= 4 is 5.90 Å². The molecular weight excluding hydrogens is 212 g/mol. The number of nitriles is 1. The molecule has 0 aliphatic heterocycles. The molecule has 0 bridgehead atoms. The van der Waals surface area contributed by atoms with E-state index in [0.29, 0.717) is 11.1 Å². The zero-order valence-electron chi connectivity index (χ0n) is 9.72. The monoisotopic (exact) mass is 227 g/mol. The predicted molar refractivity (Wildman–Crippen MR) is 64.6 cm³/mol. The fourth-order valence-corrected chi connectivity index (χ4v) is 2.14. The summed E-state index contributed by atoms with van der Waals surface area (Å²) in [5.41, 5.74) is 1.15. The van der Waals surface area contributed by atoms with Gasteiger partial charge in [-0.25, -0.2) is 0 Å². The Kier molecular flexibility index (Phi) is 3.77. The van der Waals surface area contributed by atoms with Crippen LogP contribution in [0.5, 0.6) is 0 Å². The van der Waals surface area contributed by atoms with Crippen LogP contribution in [0.2, 0.25) is 0 Å². The van der Waals surface area contributed by atoms with Crippen LogP contribution in [0.25, 0.3) is 0 Å². The summed E-state index contributed by atoms with van der Waals surface area (Å²) < 4.78 is 0. The molecule has 0 amide bonds. The first-order valence-corrected chi connectivity index (χ1v) is 6.05. The van der Waals surface area contributed by atoms with Gasteiger partial charge in [-0.2, -0.15) is 5.26 Å². The van der Waals surface area contributed by atoms with E-state index in [1.807, 2.05) is 6.07 Å². The minimum absolute atomic E-state index is 0.151. The lowest BCUT2D eigenvalue weighted by Crippen LogP contribution is -2.23. The number of rotatable bonds is 2. The van der Waals surface area contributed by atoms with E-state index in [1.54, 1.807) is 24.3 Å². The first-order valence-electron chi connectivity index (χ1n) is 6.05. The van der Waals surface area contributed by atoms with Crippen LogP contribution in [0.4, 0.5) is 0 Å². The van der Waals surface area contributed by atoms with Crippen molar-refractivity contribution in [2.24, 2.45) is 4.99 Å². The molecule has 0 aromatic heterocycles. The van der Waals surface area contributed by atoms with Crippen molar-refractivity contribution in [3.63, 3.8) is 0 Å². The maximum atomic E-state index is 11.9. The van der Waals surface area contributed by atoms with Crippen LogP contribution >= 0.6 is 0 Å². The van der Waals surface area contributed by atoms with Gasteiger partial charge in [0.25, 0.3) is 0 Å². The largest absolute Gasteiger partial charge is 0.858 e. The Morgan fingerprint density at radius 2 is 1.82 bits per heavy atom. The lowest BCUT2D eigenvalue weighted by Gasteiger charge is -2.21. The van der Waals surface area contributed by atoms with E-state index in [0.717, 1.165) is 12.8 Å². The predicted octanol–water partition coefficient (Wildman–Crippen LogP) is 2.00. The highest BCUT2D eigenvalue weighted by Gasteiger charge is 2.11. The third-order valence-electron chi connectivity index (χ3n) is 3.14. The molecule has 2 rings (SSSR count). The highest BCUT2D eigenvalue weighted by Crippen LogP contribution is 2.20. The molecule has 1 aliphatic rings. The molecule has 3 heteroatoms. The van der Waals surface area contributed by atoms with Crippen molar-refractivity contribution in [1.29, 1.82) is 5.26 Å². The molecule has 0 unspecified atom stereocenters. The van der Waals surface area contributed by atoms with E-state index >= 15 is 0 Å². The molecule has 3 nitrogen and oxygen atoms in total. The molecule has 0 heterocycles. The molecule has 1 aliphatic carbocycles. The maximum Gasteiger partial charge on any atom is 0.0991 e. The van der Waals surface area contributed by atoms with Crippen molar-refractivity contribution in [2.75, 3.05) is 0 Å². The molecule has 0 spiro atoms. The summed E-state index contributed by atoms with van der Waals surface area (Å²) in [5, 5.41) is 20.5. The van der Waals surface area contributed by atoms with Crippen LogP contribution in [0.3, 0.4) is 0 Å². The van der Waals surface area contributed by atoms with Gasteiger partial charge in [0, 0.05) is 6.04 Å². The van der Waals surface area contributed by atoms with Gasteiger partial charge in [0.05, 0.1) is 11.6 Å². The first kappa shape index (κ1) is 11.7. The van der Waals surface area contributed by atoms with Crippen molar-refractivity contribution in [3.05, 3.63) is 35.4 Å². The van der Waals surface area contributed by atoms with Gasteiger partial charge in [-0.15, -0.1) is 0 Å². The Morgan fingerprint density at radius 1 is 1.18 bits per heavy atom. The number of nitrogens with zero attached hydrogens (tertiary/aromatic N) is 2. The van der Waals surface area contributed by atoms with Gasteiger partial charge in [-0.05, 0) is 36.4 Å². The quantitative estimate of drug-likeness (QED) is 0.573. The molecule has 1 saturated carbocycles. The Hall–Kier alpha value is -1.82. The first-order chi connectivity index (χ1) is 8.29. The van der Waals surface area contributed by atoms with Gasteiger partial charge in [-0.3, -0.25) is 4.99 Å². The summed E-state index contributed by atoms with van der Waals surface area (Å²) in [6.45, 7) is 0. The van der Waals surface area contributed by atoms with Gasteiger partial charge in [-0.1, -0.05) is 31.4 Å². The van der Waals surface area contributed by atoms with Crippen LogP contribution < -0.4 is 5.11 Å². The second-order valence-corrected chi connectivity index (χ2v) is 4.42. The smallest absolute Gasteiger partial charge is 0.0991 e. The van der Waals surface area contributed by atoms with Crippen molar-refractivity contribution in [3.8, 4) is 6.07 Å². The van der Waals surface area contributed by atoms with E-state index in [1.165, 1.54) is 19.3 Å². The number of hydrogen-bond acceptors (Lipinski definition) is 3. The molecule has 0 N–H and O–H groups in total. The van der Waals surface area contributed by atoms with Gasteiger partial charge < -0.3 is 5.11 Å². The van der Waals surface area contributed by atoms with Crippen molar-refractivity contribution in [1.82, 2.24) is 0 Å². The zero-order chi connectivity index (χ0) is 12.1. The van der Waals surface area contributed by atoms with Crippen LogP contribution in [-0.4, -0.2) is 11.9 Å². The number of benzene rings is 1. The fraction of sp³-hybridized carbons (Fsp3) is 0.429. The number of hydrogen-bond donors (Lipinski definition) is 0. The van der Waals surface area contributed by atoms with Crippen LogP contribution in [-0.2, 0) is 0 Å². The van der Waals surface area contributed by atoms with Crippen LogP contribution in [0.15, 0.2) is 29.3 Å². The summed E-state index contributed by atoms with van der Waals surface area (Å²) in [6, 6.07) is 8.89. The van der Waals surface area contributed by atoms with E-state index < -0.39 is 0 Å². The molecular formula is C14H15N2O-. The molecule has 1 aromatic rings. The normalized spacial score (nSPS) is 17.7. The summed E-state index contributed by atoms with van der Waals surface area (Å²) in [6.07, 6.45) is 5.67. The Bertz CT molecular complexity index is 436. The topological polar surface area (TPSA) is 59.2 Å². The lowest BCUT2D eigenvalue weighted by atomic mass is 9.96. The highest BCUT2D eigenvalue weighted by atomic mass is 16.3. The Morgan fingerprint density at radius 3 is 2.41 bits per heavy atom. The minimum atomic E-state index is -0.151. The zero-order valence-corrected chi connectivity index (χ0v) is 9.72. The van der Waals surface area contributed by atoms with Gasteiger partial charge in [0.15, 0.2) is 0 Å². The van der Waals surface area contributed by atoms with E-state index in [4.69, 9.17) is 5.26 Å². The maximum absolute atomic E-state index is 11.9. The van der Waals surface area contributed by atoms with Crippen LogP contribution in [0.1, 0.15) is 43.2 Å². The lowest BCUT2D eigenvalue weighted by molar-refractivity contribution is -0.213. The van der Waals surface area contributed by atoms with Gasteiger partial charge >= 0.3 is 0 Å². The highest BCUT2D eigenvalue weighted by molar-refractivity contribution is 5.90. The third kappa shape index (κ3) is 3.07. The average molecular weight is 227 g/mol. The summed E-state index contributed by atoms with van der Waals surface area (Å²) in [5.74, 6) is -0.151. The van der Waals surface area contributed by atoms with E-state index in [2.05, 4.69) is 4.99 Å². The van der Waals surface area contributed by atoms with Gasteiger partial charge in [0.1, 0.15) is 0 Å². The molecule has 0 radical (unpaired) electrons. The molecule has 1 fully saturated rings. The van der Waals surface area contributed by atoms with Gasteiger partial charge in [0.2, 0.25) is 0 Å². The Balaban J connectivity index is 2.09. The average Bonchev–Trinajstić information content (AvgIpc) is 2.40. The van der Waals surface area contributed by atoms with Crippen LogP contribution in [0, 0.1) is 11.3 Å². The summed E-state index contributed by atoms with van der Waals surface area (Å²) in [7, 11) is 0. The summed E-state index contributed by atoms with van der Waals surface area (Å²) >= 11 is 0. The molecule has 17 heavy (non-hydrogen) atoms.